The van der Waals surface area contributed by atoms with Gasteiger partial charge in [-0.2, -0.15) is 0 Å². The van der Waals surface area contributed by atoms with Crippen LogP contribution in [0.15, 0.2) is 12.1 Å². The number of nitrogens with one attached hydrogen (secondary N) is 2. The summed E-state index contributed by atoms with van der Waals surface area (Å²) in [7, 11) is 0. The molecule has 1 aliphatic rings. The summed E-state index contributed by atoms with van der Waals surface area (Å²) in [6.07, 6.45) is 0.126. The van der Waals surface area contributed by atoms with Gasteiger partial charge in [0.2, 0.25) is 0 Å². The van der Waals surface area contributed by atoms with Crippen molar-refractivity contribution in [3.05, 3.63) is 23.8 Å². The maximum atomic E-state index is 13.7. The van der Waals surface area contributed by atoms with E-state index in [0.717, 1.165) is 12.1 Å². The van der Waals surface area contributed by atoms with Gasteiger partial charge in [0.05, 0.1) is 24.6 Å². The predicted molar refractivity (Wildman–Crippen MR) is 92.5 cm³/mol. The Morgan fingerprint density at radius 1 is 1.23 bits per heavy atom. The van der Waals surface area contributed by atoms with Crippen LogP contribution in [0.3, 0.4) is 0 Å². The van der Waals surface area contributed by atoms with Gasteiger partial charge in [0.15, 0.2) is 11.6 Å². The number of carbonyl (C=O) groups excluding carboxylic acids is 1. The molecule has 9 heteroatoms. The highest BCUT2D eigenvalue weighted by Crippen LogP contribution is 2.29. The van der Waals surface area contributed by atoms with Crippen molar-refractivity contribution in [2.45, 2.75) is 32.2 Å². The number of benzene rings is 1. The van der Waals surface area contributed by atoms with Crippen molar-refractivity contribution in [3.8, 4) is 0 Å². The Hall–Kier alpha value is -2.42. The van der Waals surface area contributed by atoms with Crippen LogP contribution in [0.1, 0.15) is 26.7 Å². The highest BCUT2D eigenvalue weighted by molar-refractivity contribution is 5.93. The van der Waals surface area contributed by atoms with Crippen molar-refractivity contribution in [1.29, 1.82) is 0 Å². The van der Waals surface area contributed by atoms with E-state index in [4.69, 9.17) is 9.84 Å². The van der Waals surface area contributed by atoms with Gasteiger partial charge < -0.3 is 25.4 Å². The van der Waals surface area contributed by atoms with Crippen molar-refractivity contribution in [1.82, 2.24) is 5.32 Å². The molecule has 0 unspecified atom stereocenters. The fourth-order valence-corrected chi connectivity index (χ4v) is 2.65. The molecule has 0 aromatic heterocycles. The number of aliphatic carboxylic acids is 1. The van der Waals surface area contributed by atoms with Crippen molar-refractivity contribution in [2.75, 3.05) is 36.5 Å². The van der Waals surface area contributed by atoms with Gasteiger partial charge in [-0.3, -0.25) is 4.79 Å². The molecule has 2 amide bonds. The largest absolute Gasteiger partial charge is 0.481 e. The monoisotopic (exact) mass is 371 g/mol. The van der Waals surface area contributed by atoms with E-state index in [1.54, 1.807) is 18.7 Å². The normalized spacial score (nSPS) is 14.8. The molecule has 0 aliphatic carbocycles. The van der Waals surface area contributed by atoms with Crippen molar-refractivity contribution in [3.63, 3.8) is 0 Å². The van der Waals surface area contributed by atoms with E-state index in [9.17, 15) is 18.4 Å². The molecule has 1 aromatic carbocycles. The third-order valence-corrected chi connectivity index (χ3v) is 4.05. The number of nitrogens with zero attached hydrogens (tertiary/aromatic N) is 1. The molecular formula is C17H23F2N3O4. The van der Waals surface area contributed by atoms with Crippen molar-refractivity contribution in [2.24, 2.45) is 0 Å². The average molecular weight is 371 g/mol. The molecule has 7 nitrogen and oxygen atoms in total. The second-order valence-electron chi connectivity index (χ2n) is 6.74. The molecule has 0 radical (unpaired) electrons. The van der Waals surface area contributed by atoms with Crippen LogP contribution in [-0.2, 0) is 9.53 Å². The highest BCUT2D eigenvalue weighted by Gasteiger charge is 2.24. The Labute approximate surface area is 150 Å². The maximum absolute atomic E-state index is 13.7. The summed E-state index contributed by atoms with van der Waals surface area (Å²) in [4.78, 5) is 24.8. The molecule has 1 saturated heterocycles. The number of ether oxygens (including phenoxy) is 1. The number of hydrogen-bond donors (Lipinski definition) is 3. The van der Waals surface area contributed by atoms with Gasteiger partial charge in [0.1, 0.15) is 0 Å². The molecule has 0 saturated carbocycles. The molecule has 0 spiro atoms. The minimum absolute atomic E-state index is 0.0997. The Morgan fingerprint density at radius 2 is 1.85 bits per heavy atom. The molecule has 1 heterocycles. The van der Waals surface area contributed by atoms with Crippen LogP contribution in [0.2, 0.25) is 0 Å². The summed E-state index contributed by atoms with van der Waals surface area (Å²) >= 11 is 0. The van der Waals surface area contributed by atoms with Gasteiger partial charge in [0, 0.05) is 37.2 Å². The van der Waals surface area contributed by atoms with Crippen LogP contribution in [-0.4, -0.2) is 48.9 Å². The van der Waals surface area contributed by atoms with E-state index in [0.29, 0.717) is 32.0 Å². The van der Waals surface area contributed by atoms with Crippen LogP contribution in [0, 0.1) is 11.6 Å². The minimum Gasteiger partial charge on any atom is -0.481 e. The van der Waals surface area contributed by atoms with Crippen molar-refractivity contribution < 1.29 is 28.2 Å². The number of morpholine rings is 1. The fraction of sp³-hybridized carbons (Fsp3) is 0.529. The summed E-state index contributed by atoms with van der Waals surface area (Å²) in [6, 6.07) is 1.36. The number of carbonyl (C=O) groups is 2. The summed E-state index contributed by atoms with van der Waals surface area (Å²) in [5.41, 5.74) is -0.275. The Bertz CT molecular complexity index is 676. The van der Waals surface area contributed by atoms with Gasteiger partial charge in [-0.25, -0.2) is 13.6 Å². The molecule has 1 aliphatic heterocycles. The zero-order chi connectivity index (χ0) is 19.3. The highest BCUT2D eigenvalue weighted by atomic mass is 19.2. The minimum atomic E-state index is -1.07. The van der Waals surface area contributed by atoms with Gasteiger partial charge in [0.25, 0.3) is 0 Å². The molecule has 0 bridgehead atoms. The number of rotatable bonds is 6. The van der Waals surface area contributed by atoms with E-state index in [1.807, 2.05) is 0 Å². The van der Waals surface area contributed by atoms with Gasteiger partial charge in [-0.15, -0.1) is 0 Å². The maximum Gasteiger partial charge on any atom is 0.319 e. The van der Waals surface area contributed by atoms with Crippen LogP contribution >= 0.6 is 0 Å². The Balaban J connectivity index is 2.13. The van der Waals surface area contributed by atoms with Crippen LogP contribution in [0.4, 0.5) is 25.0 Å². The second-order valence-corrected chi connectivity index (χ2v) is 6.74. The zero-order valence-electron chi connectivity index (χ0n) is 14.8. The third-order valence-electron chi connectivity index (χ3n) is 4.05. The Morgan fingerprint density at radius 3 is 2.46 bits per heavy atom. The predicted octanol–water partition coefficient (Wildman–Crippen LogP) is 2.57. The number of anilines is 2. The number of carboxylic acids is 1. The summed E-state index contributed by atoms with van der Waals surface area (Å²) in [6.45, 7) is 5.25. The number of amides is 2. The number of halogens is 2. The zero-order valence-corrected chi connectivity index (χ0v) is 14.8. The molecule has 1 aromatic rings. The van der Waals surface area contributed by atoms with Crippen LogP contribution in [0.25, 0.3) is 0 Å². The quantitative estimate of drug-likeness (QED) is 0.715. The third kappa shape index (κ3) is 5.55. The molecule has 144 valence electrons. The van der Waals surface area contributed by atoms with E-state index < -0.39 is 29.2 Å². The second kappa shape index (κ2) is 8.31. The van der Waals surface area contributed by atoms with E-state index in [1.165, 1.54) is 0 Å². The first-order valence-electron chi connectivity index (χ1n) is 8.31. The first-order valence-corrected chi connectivity index (χ1v) is 8.31. The van der Waals surface area contributed by atoms with E-state index in [2.05, 4.69) is 10.6 Å². The Kier molecular flexibility index (Phi) is 6.36. The van der Waals surface area contributed by atoms with Gasteiger partial charge in [-0.1, -0.05) is 0 Å². The lowest BCUT2D eigenvalue weighted by Gasteiger charge is -2.31. The first kappa shape index (κ1) is 19.9. The number of hydrogen-bond acceptors (Lipinski definition) is 4. The fourth-order valence-electron chi connectivity index (χ4n) is 2.65. The lowest BCUT2D eigenvalue weighted by Crippen LogP contribution is -2.46. The molecule has 0 atom stereocenters. The molecule has 26 heavy (non-hydrogen) atoms. The average Bonchev–Trinajstić information content (AvgIpc) is 2.56. The smallest absolute Gasteiger partial charge is 0.319 e. The number of carboxylic acid groups (broad SMARTS) is 1. The summed E-state index contributed by atoms with van der Waals surface area (Å²) < 4.78 is 32.6. The van der Waals surface area contributed by atoms with Gasteiger partial charge in [-0.05, 0) is 20.3 Å². The van der Waals surface area contributed by atoms with Gasteiger partial charge >= 0.3 is 12.0 Å². The molecule has 2 rings (SSSR count). The summed E-state index contributed by atoms with van der Waals surface area (Å²) in [5, 5.41) is 13.9. The standard InChI is InChI=1S/C17H23F2N3O4/c1-17(2,4-3-15(23)24)21-16(25)20-13-9-11(18)12(19)10-14(13)22-5-7-26-8-6-22/h9-10H,3-8H2,1-2H3,(H,23,24)(H2,20,21,25). The van der Waals surface area contributed by atoms with E-state index in [-0.39, 0.29) is 18.5 Å². The lowest BCUT2D eigenvalue weighted by molar-refractivity contribution is -0.137. The molecule has 3 N–H and O–H groups in total. The topological polar surface area (TPSA) is 90.9 Å². The summed E-state index contributed by atoms with van der Waals surface area (Å²) in [5.74, 6) is -3.03. The molecule has 1 fully saturated rings. The number of urea groups is 1. The molecular weight excluding hydrogens is 348 g/mol. The van der Waals surface area contributed by atoms with Crippen LogP contribution < -0.4 is 15.5 Å². The van der Waals surface area contributed by atoms with Crippen molar-refractivity contribution >= 4 is 23.4 Å². The van der Waals surface area contributed by atoms with Crippen LogP contribution in [0.5, 0.6) is 0 Å². The SMILES string of the molecule is CC(C)(CCC(=O)O)NC(=O)Nc1cc(F)c(F)cc1N1CCOCC1. The lowest BCUT2D eigenvalue weighted by atomic mass is 9.99. The first-order chi connectivity index (χ1) is 12.2. The van der Waals surface area contributed by atoms with E-state index >= 15 is 0 Å².